The summed E-state index contributed by atoms with van der Waals surface area (Å²) < 4.78 is 16.5. The van der Waals surface area contributed by atoms with E-state index in [1.54, 1.807) is 34.6 Å². The van der Waals surface area contributed by atoms with Crippen LogP contribution in [-0.4, -0.2) is 58.9 Å². The quantitative estimate of drug-likeness (QED) is 0.341. The van der Waals surface area contributed by atoms with Crippen molar-refractivity contribution in [2.24, 2.45) is 0 Å². The van der Waals surface area contributed by atoms with Gasteiger partial charge in [0.1, 0.15) is 5.82 Å². The molecule has 0 spiro atoms. The first kappa shape index (κ1) is 22.6. The third kappa shape index (κ3) is 4.19. The summed E-state index contributed by atoms with van der Waals surface area (Å²) in [5.41, 5.74) is 6.73. The van der Waals surface area contributed by atoms with E-state index in [0.717, 1.165) is 40.1 Å². The maximum Gasteiger partial charge on any atom is 0.254 e. The molecule has 1 fully saturated rings. The molecule has 6 nitrogen and oxygen atoms in total. The minimum Gasteiger partial charge on any atom is -0.355 e. The number of likely N-dealkylation sites (N-methyl/N-ethyl adjacent to an activating group) is 1. The Morgan fingerprint density at radius 3 is 2.67 bits per heavy atom. The van der Waals surface area contributed by atoms with Crippen LogP contribution in [-0.2, 0) is 0 Å². The van der Waals surface area contributed by atoms with Crippen LogP contribution in [0.3, 0.4) is 0 Å². The van der Waals surface area contributed by atoms with Gasteiger partial charge in [-0.05, 0) is 43.4 Å². The van der Waals surface area contributed by atoms with E-state index in [9.17, 15) is 4.79 Å². The number of rotatable bonds is 4. The second kappa shape index (κ2) is 9.29. The Morgan fingerprint density at radius 1 is 0.972 bits per heavy atom. The van der Waals surface area contributed by atoms with Gasteiger partial charge >= 0.3 is 0 Å². The highest BCUT2D eigenvalue weighted by Gasteiger charge is 2.22. The third-order valence-corrected chi connectivity index (χ3v) is 7.49. The smallest absolute Gasteiger partial charge is 0.254 e. The summed E-state index contributed by atoms with van der Waals surface area (Å²) in [6.07, 6.45) is 1.72. The fourth-order valence-corrected chi connectivity index (χ4v) is 5.31. The van der Waals surface area contributed by atoms with E-state index >= 15 is 4.39 Å². The van der Waals surface area contributed by atoms with Gasteiger partial charge in [0, 0.05) is 65.8 Å². The second-order valence-corrected chi connectivity index (χ2v) is 9.90. The van der Waals surface area contributed by atoms with Crippen LogP contribution in [0.15, 0.2) is 72.4 Å². The van der Waals surface area contributed by atoms with Crippen molar-refractivity contribution in [1.29, 1.82) is 0 Å². The molecule has 1 amide bonds. The molecule has 1 saturated heterocycles. The van der Waals surface area contributed by atoms with Crippen molar-refractivity contribution in [1.82, 2.24) is 19.8 Å². The summed E-state index contributed by atoms with van der Waals surface area (Å²) in [4.78, 5) is 25.9. The van der Waals surface area contributed by atoms with Crippen molar-refractivity contribution in [3.05, 3.63) is 83.8 Å². The van der Waals surface area contributed by atoms with Crippen LogP contribution in [0.1, 0.15) is 10.4 Å². The van der Waals surface area contributed by atoms with E-state index < -0.39 is 5.82 Å². The van der Waals surface area contributed by atoms with Crippen molar-refractivity contribution in [3.8, 4) is 11.1 Å². The Morgan fingerprint density at radius 2 is 1.83 bits per heavy atom. The molecule has 1 N–H and O–H groups in total. The predicted molar refractivity (Wildman–Crippen MR) is 143 cm³/mol. The van der Waals surface area contributed by atoms with Crippen LogP contribution >= 0.6 is 11.3 Å². The van der Waals surface area contributed by atoms with Crippen molar-refractivity contribution >= 4 is 49.7 Å². The average molecular weight is 498 g/mol. The highest BCUT2D eigenvalue weighted by Crippen LogP contribution is 2.34. The van der Waals surface area contributed by atoms with Crippen LogP contribution in [0.2, 0.25) is 0 Å². The Balaban J connectivity index is 1.33. The van der Waals surface area contributed by atoms with E-state index in [2.05, 4.69) is 20.2 Å². The van der Waals surface area contributed by atoms with E-state index in [0.29, 0.717) is 35.3 Å². The number of amides is 1. The second-order valence-electron chi connectivity index (χ2n) is 9.01. The Labute approximate surface area is 212 Å². The maximum atomic E-state index is 15.4. The number of pyridine rings is 1. The Hall–Kier alpha value is -3.88. The number of aromatic nitrogens is 2. The van der Waals surface area contributed by atoms with E-state index in [1.807, 2.05) is 55.0 Å². The SMILES string of the molecule is CN1CCN(C(=O)c2ccc(-c3cccc4c(Nc5ccc6scnc6c5)ccnc34)c(F)c2)CC1. The van der Waals surface area contributed by atoms with Gasteiger partial charge in [0.2, 0.25) is 0 Å². The molecular weight excluding hydrogens is 473 g/mol. The van der Waals surface area contributed by atoms with Gasteiger partial charge in [-0.1, -0.05) is 24.3 Å². The number of halogens is 1. The van der Waals surface area contributed by atoms with Gasteiger partial charge in [-0.2, -0.15) is 0 Å². The molecule has 0 radical (unpaired) electrons. The largest absolute Gasteiger partial charge is 0.355 e. The van der Waals surface area contributed by atoms with Gasteiger partial charge in [0.25, 0.3) is 5.91 Å². The fourth-order valence-electron chi connectivity index (χ4n) is 4.65. The number of carbonyl (C=O) groups excluding carboxylic acids is 1. The number of para-hydroxylation sites is 1. The first-order chi connectivity index (χ1) is 17.6. The number of hydrogen-bond donors (Lipinski definition) is 1. The lowest BCUT2D eigenvalue weighted by molar-refractivity contribution is 0.0663. The minimum absolute atomic E-state index is 0.131. The fraction of sp³-hybridized carbons (Fsp3) is 0.179. The summed E-state index contributed by atoms with van der Waals surface area (Å²) >= 11 is 1.61. The number of carbonyl (C=O) groups is 1. The number of benzene rings is 3. The van der Waals surface area contributed by atoms with Crippen molar-refractivity contribution < 1.29 is 9.18 Å². The van der Waals surface area contributed by atoms with E-state index in [1.165, 1.54) is 6.07 Å². The number of piperazine rings is 1. The summed E-state index contributed by atoms with van der Waals surface area (Å²) in [5, 5.41) is 4.34. The zero-order chi connectivity index (χ0) is 24.6. The molecule has 8 heteroatoms. The monoisotopic (exact) mass is 497 g/mol. The molecule has 5 aromatic rings. The molecule has 0 bridgehead atoms. The van der Waals surface area contributed by atoms with Crippen molar-refractivity contribution in [2.75, 3.05) is 38.5 Å². The molecular formula is C28H24FN5OS. The maximum absolute atomic E-state index is 15.4. The number of nitrogens with one attached hydrogen (secondary N) is 1. The molecule has 2 aromatic heterocycles. The number of anilines is 2. The molecule has 3 heterocycles. The number of hydrogen-bond acceptors (Lipinski definition) is 6. The predicted octanol–water partition coefficient (Wildman–Crippen LogP) is 5.78. The molecule has 1 aliphatic heterocycles. The van der Waals surface area contributed by atoms with Crippen LogP contribution in [0.5, 0.6) is 0 Å². The van der Waals surface area contributed by atoms with E-state index in [-0.39, 0.29) is 5.91 Å². The van der Waals surface area contributed by atoms with Crippen molar-refractivity contribution in [2.45, 2.75) is 0 Å². The molecule has 180 valence electrons. The topological polar surface area (TPSA) is 61.4 Å². The summed E-state index contributed by atoms with van der Waals surface area (Å²) in [6, 6.07) is 18.5. The number of thiazole rings is 1. The van der Waals surface area contributed by atoms with Gasteiger partial charge in [-0.15, -0.1) is 11.3 Å². The molecule has 1 aliphatic rings. The Bertz CT molecular complexity index is 1590. The lowest BCUT2D eigenvalue weighted by Crippen LogP contribution is -2.47. The molecule has 0 aliphatic carbocycles. The first-order valence-electron chi connectivity index (χ1n) is 11.8. The Kier molecular flexibility index (Phi) is 5.83. The lowest BCUT2D eigenvalue weighted by Gasteiger charge is -2.32. The average Bonchev–Trinajstić information content (AvgIpc) is 3.37. The normalized spacial score (nSPS) is 14.4. The van der Waals surface area contributed by atoms with Crippen molar-refractivity contribution in [3.63, 3.8) is 0 Å². The zero-order valence-electron chi connectivity index (χ0n) is 19.7. The summed E-state index contributed by atoms with van der Waals surface area (Å²) in [5.74, 6) is -0.565. The lowest BCUT2D eigenvalue weighted by atomic mass is 9.99. The molecule has 3 aromatic carbocycles. The molecule has 0 unspecified atom stereocenters. The van der Waals surface area contributed by atoms with Crippen LogP contribution < -0.4 is 5.32 Å². The molecule has 0 saturated carbocycles. The van der Waals surface area contributed by atoms with Gasteiger partial charge in [0.15, 0.2) is 0 Å². The summed E-state index contributed by atoms with van der Waals surface area (Å²) in [6.45, 7) is 2.94. The van der Waals surface area contributed by atoms with Gasteiger partial charge in [0.05, 0.1) is 21.2 Å². The third-order valence-electron chi connectivity index (χ3n) is 6.68. The molecule has 0 atom stereocenters. The highest BCUT2D eigenvalue weighted by molar-refractivity contribution is 7.16. The first-order valence-corrected chi connectivity index (χ1v) is 12.7. The highest BCUT2D eigenvalue weighted by atomic mass is 32.1. The molecule has 6 rings (SSSR count). The number of nitrogens with zero attached hydrogens (tertiary/aromatic N) is 4. The van der Waals surface area contributed by atoms with Crippen LogP contribution in [0.25, 0.3) is 32.2 Å². The van der Waals surface area contributed by atoms with Crippen LogP contribution in [0.4, 0.5) is 15.8 Å². The number of fused-ring (bicyclic) bond motifs is 2. The molecule has 36 heavy (non-hydrogen) atoms. The van der Waals surface area contributed by atoms with Gasteiger partial charge in [-0.3, -0.25) is 9.78 Å². The van der Waals surface area contributed by atoms with Gasteiger partial charge < -0.3 is 15.1 Å². The minimum atomic E-state index is -0.434. The van der Waals surface area contributed by atoms with Crippen LogP contribution in [0, 0.1) is 5.82 Å². The summed E-state index contributed by atoms with van der Waals surface area (Å²) in [7, 11) is 2.04. The standard InChI is InChI=1S/C28H24FN5OS/c1-33-11-13-34(14-12-33)28(35)18-5-7-20(23(29)15-18)21-3-2-4-22-24(9-10-30-27(21)22)32-19-6-8-26-25(16-19)31-17-36-26/h2-10,15-17H,11-14H2,1H3,(H,30,32). The zero-order valence-corrected chi connectivity index (χ0v) is 20.6. The van der Waals surface area contributed by atoms with Gasteiger partial charge in [-0.25, -0.2) is 9.37 Å². The van der Waals surface area contributed by atoms with E-state index in [4.69, 9.17) is 0 Å².